The Bertz CT molecular complexity index is 1030. The lowest BCUT2D eigenvalue weighted by Gasteiger charge is -2.21. The molecule has 1 N–H and O–H groups in total. The zero-order valence-corrected chi connectivity index (χ0v) is 20.2. The van der Waals surface area contributed by atoms with Gasteiger partial charge in [-0.05, 0) is 60.9 Å². The largest absolute Gasteiger partial charge is 0.351 e. The van der Waals surface area contributed by atoms with Gasteiger partial charge in [0.1, 0.15) is 0 Å². The number of benzene rings is 2. The Morgan fingerprint density at radius 1 is 1.03 bits per heavy atom. The van der Waals surface area contributed by atoms with E-state index in [1.165, 1.54) is 9.87 Å². The van der Waals surface area contributed by atoms with Crippen LogP contribution in [0.3, 0.4) is 0 Å². The smallest absolute Gasteiger partial charge is 0.243 e. The molecule has 0 bridgehead atoms. The monoisotopic (exact) mass is 442 g/mol. The van der Waals surface area contributed by atoms with Crippen molar-refractivity contribution < 1.29 is 13.2 Å². The van der Waals surface area contributed by atoms with Crippen molar-refractivity contribution in [1.29, 1.82) is 0 Å². The second kappa shape index (κ2) is 8.40. The quantitative estimate of drug-likeness (QED) is 0.693. The predicted octanol–water partition coefficient (Wildman–Crippen LogP) is 4.36. The molecule has 1 amide bonds. The third-order valence-electron chi connectivity index (χ3n) is 6.27. The van der Waals surface area contributed by atoms with E-state index in [1.54, 1.807) is 31.3 Å². The average Bonchev–Trinajstić information content (AvgIpc) is 3.53. The summed E-state index contributed by atoms with van der Waals surface area (Å²) in [7, 11) is -1.92. The number of nitrogens with one attached hydrogen (secondary N) is 1. The normalized spacial score (nSPS) is 15.9. The number of sulfonamides is 1. The maximum Gasteiger partial charge on any atom is 0.243 e. The fourth-order valence-corrected chi connectivity index (χ4v) is 5.00. The van der Waals surface area contributed by atoms with Crippen LogP contribution in [0.1, 0.15) is 64.2 Å². The molecule has 0 atom stereocenters. The molecular formula is C25H34N2O3S. The summed E-state index contributed by atoms with van der Waals surface area (Å²) in [5.41, 5.74) is 2.85. The van der Waals surface area contributed by atoms with Crippen LogP contribution < -0.4 is 5.32 Å². The molecule has 1 saturated carbocycles. The number of hydrogen-bond donors (Lipinski definition) is 1. The first-order chi connectivity index (χ1) is 14.4. The van der Waals surface area contributed by atoms with Crippen molar-refractivity contribution in [2.45, 2.75) is 75.8 Å². The number of hydrogen-bond acceptors (Lipinski definition) is 3. The summed E-state index contributed by atoms with van der Waals surface area (Å²) in [5.74, 6) is 0.0345. The highest BCUT2D eigenvalue weighted by Gasteiger charge is 2.51. The van der Waals surface area contributed by atoms with Crippen LogP contribution in [0.15, 0.2) is 53.4 Å². The van der Waals surface area contributed by atoms with Crippen LogP contribution in [-0.2, 0) is 32.2 Å². The van der Waals surface area contributed by atoms with Crippen LogP contribution in [0.4, 0.5) is 0 Å². The molecule has 0 unspecified atom stereocenters. The highest BCUT2D eigenvalue weighted by Crippen LogP contribution is 2.48. The standard InChI is InChI=1S/C25H34N2O3S/c1-18(2)27(6)31(29,30)22-13-7-19(8-14-22)17-26-23(28)25(15-16-25)21-11-9-20(10-12-21)24(3,4)5/h7-14,18H,15-17H2,1-6H3,(H,26,28). The van der Waals surface area contributed by atoms with Crippen molar-refractivity contribution in [3.63, 3.8) is 0 Å². The van der Waals surface area contributed by atoms with E-state index in [0.29, 0.717) is 6.54 Å². The molecule has 2 aromatic carbocycles. The van der Waals surface area contributed by atoms with Gasteiger partial charge in [-0.25, -0.2) is 8.42 Å². The molecule has 0 spiro atoms. The number of amides is 1. The summed E-state index contributed by atoms with van der Waals surface area (Å²) in [4.78, 5) is 13.2. The van der Waals surface area contributed by atoms with E-state index in [0.717, 1.165) is 24.0 Å². The van der Waals surface area contributed by atoms with Gasteiger partial charge >= 0.3 is 0 Å². The molecule has 0 radical (unpaired) electrons. The molecule has 31 heavy (non-hydrogen) atoms. The molecular weight excluding hydrogens is 408 g/mol. The molecule has 5 nitrogen and oxygen atoms in total. The first kappa shape index (κ1) is 23.5. The van der Waals surface area contributed by atoms with E-state index in [-0.39, 0.29) is 22.3 Å². The lowest BCUT2D eigenvalue weighted by atomic mass is 9.85. The molecule has 1 fully saturated rings. The molecule has 0 saturated heterocycles. The molecule has 0 aliphatic heterocycles. The molecule has 2 aromatic rings. The minimum atomic E-state index is -3.50. The molecule has 1 aliphatic carbocycles. The van der Waals surface area contributed by atoms with Crippen molar-refractivity contribution in [3.05, 3.63) is 65.2 Å². The summed E-state index contributed by atoms with van der Waals surface area (Å²) in [6, 6.07) is 15.0. The van der Waals surface area contributed by atoms with Crippen LogP contribution in [0.25, 0.3) is 0 Å². The summed E-state index contributed by atoms with van der Waals surface area (Å²) in [6.45, 7) is 10.6. The second-order valence-electron chi connectivity index (χ2n) is 9.85. The Morgan fingerprint density at radius 3 is 2.03 bits per heavy atom. The number of carbonyl (C=O) groups is 1. The van der Waals surface area contributed by atoms with E-state index in [1.807, 2.05) is 13.8 Å². The van der Waals surface area contributed by atoms with Crippen molar-refractivity contribution in [2.24, 2.45) is 0 Å². The predicted molar refractivity (Wildman–Crippen MR) is 124 cm³/mol. The Balaban J connectivity index is 1.66. The lowest BCUT2D eigenvalue weighted by molar-refractivity contribution is -0.123. The number of nitrogens with zero attached hydrogens (tertiary/aromatic N) is 1. The molecule has 1 aliphatic rings. The van der Waals surface area contributed by atoms with E-state index < -0.39 is 15.4 Å². The van der Waals surface area contributed by atoms with E-state index in [9.17, 15) is 13.2 Å². The van der Waals surface area contributed by atoms with E-state index in [2.05, 4.69) is 50.4 Å². The van der Waals surface area contributed by atoms with Gasteiger partial charge in [0.25, 0.3) is 0 Å². The zero-order chi connectivity index (χ0) is 23.0. The summed E-state index contributed by atoms with van der Waals surface area (Å²) < 4.78 is 26.5. The van der Waals surface area contributed by atoms with Crippen molar-refractivity contribution in [2.75, 3.05) is 7.05 Å². The van der Waals surface area contributed by atoms with Crippen LogP contribution >= 0.6 is 0 Å². The van der Waals surface area contributed by atoms with E-state index in [4.69, 9.17) is 0 Å². The average molecular weight is 443 g/mol. The van der Waals surface area contributed by atoms with Gasteiger partial charge in [-0.1, -0.05) is 57.2 Å². The maximum atomic E-state index is 13.0. The Hall–Kier alpha value is -2.18. The molecule has 6 heteroatoms. The van der Waals surface area contributed by atoms with Gasteiger partial charge < -0.3 is 5.32 Å². The third kappa shape index (κ3) is 4.85. The van der Waals surface area contributed by atoms with Crippen molar-refractivity contribution >= 4 is 15.9 Å². The Kier molecular flexibility index (Phi) is 6.36. The van der Waals surface area contributed by atoms with E-state index >= 15 is 0 Å². The SMILES string of the molecule is CC(C)N(C)S(=O)(=O)c1ccc(CNC(=O)C2(c3ccc(C(C)(C)C)cc3)CC2)cc1. The summed E-state index contributed by atoms with van der Waals surface area (Å²) in [5, 5.41) is 3.05. The van der Waals surface area contributed by atoms with Crippen molar-refractivity contribution in [1.82, 2.24) is 9.62 Å². The first-order valence-electron chi connectivity index (χ1n) is 10.8. The molecule has 168 valence electrons. The maximum absolute atomic E-state index is 13.0. The number of rotatable bonds is 7. The van der Waals surface area contributed by atoms with Crippen LogP contribution in [0.5, 0.6) is 0 Å². The zero-order valence-electron chi connectivity index (χ0n) is 19.4. The summed E-state index contributed by atoms with van der Waals surface area (Å²) >= 11 is 0. The highest BCUT2D eigenvalue weighted by atomic mass is 32.2. The minimum absolute atomic E-state index is 0.0345. The summed E-state index contributed by atoms with van der Waals surface area (Å²) in [6.07, 6.45) is 1.71. The van der Waals surface area contributed by atoms with Crippen LogP contribution in [0, 0.1) is 0 Å². The topological polar surface area (TPSA) is 66.5 Å². The van der Waals surface area contributed by atoms with Crippen molar-refractivity contribution in [3.8, 4) is 0 Å². The van der Waals surface area contributed by atoms with Gasteiger partial charge in [0.2, 0.25) is 15.9 Å². The van der Waals surface area contributed by atoms with Gasteiger partial charge in [-0.3, -0.25) is 4.79 Å². The van der Waals surface area contributed by atoms with Gasteiger partial charge in [-0.15, -0.1) is 0 Å². The third-order valence-corrected chi connectivity index (χ3v) is 8.32. The fraction of sp³-hybridized carbons (Fsp3) is 0.480. The van der Waals surface area contributed by atoms with Gasteiger partial charge in [-0.2, -0.15) is 4.31 Å². The Labute approximate surface area is 186 Å². The molecule has 0 aromatic heterocycles. The van der Waals surface area contributed by atoms with Crippen LogP contribution in [-0.4, -0.2) is 31.7 Å². The lowest BCUT2D eigenvalue weighted by Crippen LogP contribution is -2.34. The van der Waals surface area contributed by atoms with Gasteiger partial charge in [0.15, 0.2) is 0 Å². The second-order valence-corrected chi connectivity index (χ2v) is 11.8. The van der Waals surface area contributed by atoms with Gasteiger partial charge in [0, 0.05) is 19.6 Å². The highest BCUT2D eigenvalue weighted by molar-refractivity contribution is 7.89. The van der Waals surface area contributed by atoms with Crippen LogP contribution in [0.2, 0.25) is 0 Å². The Morgan fingerprint density at radius 2 is 1.58 bits per heavy atom. The fourth-order valence-electron chi connectivity index (χ4n) is 3.64. The molecule has 3 rings (SSSR count). The minimum Gasteiger partial charge on any atom is -0.351 e. The number of carbonyl (C=O) groups excluding carboxylic acids is 1. The van der Waals surface area contributed by atoms with Gasteiger partial charge in [0.05, 0.1) is 10.3 Å². The first-order valence-corrected chi connectivity index (χ1v) is 12.3. The molecule has 0 heterocycles.